The van der Waals surface area contributed by atoms with Crippen molar-refractivity contribution in [1.29, 1.82) is 0 Å². The van der Waals surface area contributed by atoms with Gasteiger partial charge in [0.25, 0.3) is 5.91 Å². The third-order valence-corrected chi connectivity index (χ3v) is 6.29. The zero-order chi connectivity index (χ0) is 22.9. The number of carbonyl (C=O) groups is 2. The van der Waals surface area contributed by atoms with Gasteiger partial charge in [0.15, 0.2) is 5.69 Å². The third-order valence-electron chi connectivity index (χ3n) is 6.29. The van der Waals surface area contributed by atoms with Crippen LogP contribution in [0, 0.1) is 6.92 Å². The van der Waals surface area contributed by atoms with Gasteiger partial charge >= 0.3 is 6.03 Å². The zero-order valence-electron chi connectivity index (χ0n) is 19.6. The van der Waals surface area contributed by atoms with Crippen LogP contribution in [0.25, 0.3) is 5.69 Å². The molecule has 4 rings (SSSR count). The van der Waals surface area contributed by atoms with Crippen molar-refractivity contribution in [3.8, 4) is 5.69 Å². The van der Waals surface area contributed by atoms with Gasteiger partial charge in [-0.2, -0.15) is 0 Å². The maximum absolute atomic E-state index is 12.8. The Hall–Kier alpha value is -2.90. The van der Waals surface area contributed by atoms with Crippen molar-refractivity contribution < 1.29 is 9.59 Å². The molecule has 0 saturated heterocycles. The molecule has 2 heterocycles. The molecule has 0 spiro atoms. The second-order valence-corrected chi connectivity index (χ2v) is 10.0. The number of amides is 3. The Labute approximate surface area is 189 Å². The highest BCUT2D eigenvalue weighted by Gasteiger charge is 2.27. The number of hydrogen-bond acceptors (Lipinski definition) is 4. The molecule has 32 heavy (non-hydrogen) atoms. The third kappa shape index (κ3) is 4.79. The fraction of sp³-hybridized carbons (Fsp3) is 0.583. The van der Waals surface area contributed by atoms with Crippen molar-refractivity contribution in [3.05, 3.63) is 40.7 Å². The Kier molecular flexibility index (Phi) is 6.22. The maximum Gasteiger partial charge on any atom is 0.318 e. The molecule has 2 aliphatic rings. The van der Waals surface area contributed by atoms with E-state index < -0.39 is 0 Å². The van der Waals surface area contributed by atoms with Crippen molar-refractivity contribution in [2.24, 2.45) is 0 Å². The van der Waals surface area contributed by atoms with Crippen LogP contribution in [0.2, 0.25) is 0 Å². The van der Waals surface area contributed by atoms with Gasteiger partial charge in [-0.05, 0) is 64.2 Å². The molecule has 8 heteroatoms. The lowest BCUT2D eigenvalue weighted by atomic mass is 9.95. The van der Waals surface area contributed by atoms with Gasteiger partial charge in [-0.25, -0.2) is 9.48 Å². The summed E-state index contributed by atoms with van der Waals surface area (Å²) in [6.07, 6.45) is 6.37. The fourth-order valence-electron chi connectivity index (χ4n) is 4.63. The van der Waals surface area contributed by atoms with Crippen LogP contribution in [-0.4, -0.2) is 50.0 Å². The van der Waals surface area contributed by atoms with Gasteiger partial charge in [-0.15, -0.1) is 5.10 Å². The highest BCUT2D eigenvalue weighted by atomic mass is 16.2. The quantitative estimate of drug-likeness (QED) is 0.767. The first-order valence-corrected chi connectivity index (χ1v) is 11.6. The predicted molar refractivity (Wildman–Crippen MR) is 123 cm³/mol. The molecular formula is C24H34N6O2. The van der Waals surface area contributed by atoms with E-state index in [2.05, 4.69) is 27.0 Å². The van der Waals surface area contributed by atoms with E-state index in [-0.39, 0.29) is 23.5 Å². The maximum atomic E-state index is 12.8. The fourth-order valence-corrected chi connectivity index (χ4v) is 4.63. The van der Waals surface area contributed by atoms with Gasteiger partial charge < -0.3 is 15.5 Å². The molecule has 3 amide bonds. The van der Waals surface area contributed by atoms with Crippen molar-refractivity contribution in [3.63, 3.8) is 0 Å². The van der Waals surface area contributed by atoms with E-state index in [1.165, 1.54) is 6.42 Å². The smallest absolute Gasteiger partial charge is 0.318 e. The molecule has 172 valence electrons. The highest BCUT2D eigenvalue weighted by Crippen LogP contribution is 2.27. The predicted octanol–water partition coefficient (Wildman–Crippen LogP) is 3.50. The number of urea groups is 1. The van der Waals surface area contributed by atoms with Crippen LogP contribution in [-0.2, 0) is 13.0 Å². The molecule has 2 N–H and O–H groups in total. The summed E-state index contributed by atoms with van der Waals surface area (Å²) in [4.78, 5) is 27.3. The largest absolute Gasteiger partial charge is 0.348 e. The number of fused-ring (bicyclic) bond motifs is 1. The monoisotopic (exact) mass is 438 g/mol. The summed E-state index contributed by atoms with van der Waals surface area (Å²) in [5, 5.41) is 14.7. The van der Waals surface area contributed by atoms with Gasteiger partial charge in [0, 0.05) is 24.7 Å². The van der Waals surface area contributed by atoms with E-state index in [1.807, 2.05) is 44.7 Å². The minimum Gasteiger partial charge on any atom is -0.348 e. The first-order chi connectivity index (χ1) is 15.2. The number of aromatic nitrogens is 3. The number of carbonyl (C=O) groups excluding carboxylic acids is 2. The first-order valence-electron chi connectivity index (χ1n) is 11.6. The normalized spacial score (nSPS) is 17.1. The van der Waals surface area contributed by atoms with E-state index in [0.717, 1.165) is 54.6 Å². The summed E-state index contributed by atoms with van der Waals surface area (Å²) >= 11 is 0. The van der Waals surface area contributed by atoms with E-state index in [1.54, 1.807) is 4.68 Å². The molecule has 1 saturated carbocycles. The molecule has 8 nitrogen and oxygen atoms in total. The lowest BCUT2D eigenvalue weighted by molar-refractivity contribution is 0.0922. The van der Waals surface area contributed by atoms with E-state index in [0.29, 0.717) is 18.8 Å². The van der Waals surface area contributed by atoms with E-state index >= 15 is 0 Å². The molecule has 2 aromatic rings. The molecule has 0 bridgehead atoms. The lowest BCUT2D eigenvalue weighted by Gasteiger charge is -2.33. The van der Waals surface area contributed by atoms with Crippen LogP contribution in [0.15, 0.2) is 18.2 Å². The Morgan fingerprint density at radius 2 is 1.88 bits per heavy atom. The van der Waals surface area contributed by atoms with Crippen LogP contribution in [0.5, 0.6) is 0 Å². The van der Waals surface area contributed by atoms with Crippen LogP contribution in [0.4, 0.5) is 4.79 Å². The minimum atomic E-state index is -0.272. The average Bonchev–Trinajstić information content (AvgIpc) is 3.13. The molecule has 0 unspecified atom stereocenters. The topological polar surface area (TPSA) is 92.2 Å². The number of benzene rings is 1. The summed E-state index contributed by atoms with van der Waals surface area (Å²) in [6, 6.07) is 6.22. The highest BCUT2D eigenvalue weighted by molar-refractivity contribution is 5.93. The molecule has 1 aliphatic carbocycles. The van der Waals surface area contributed by atoms with Crippen LogP contribution in [0.1, 0.15) is 80.2 Å². The summed E-state index contributed by atoms with van der Waals surface area (Å²) in [6.45, 7) is 9.02. The Balaban J connectivity index is 1.53. The van der Waals surface area contributed by atoms with E-state index in [4.69, 9.17) is 0 Å². The number of nitrogens with one attached hydrogen (secondary N) is 2. The number of nitrogens with zero attached hydrogens (tertiary/aromatic N) is 4. The molecule has 1 aromatic carbocycles. The van der Waals surface area contributed by atoms with Gasteiger partial charge in [-0.3, -0.25) is 4.79 Å². The molecule has 1 fully saturated rings. The second-order valence-electron chi connectivity index (χ2n) is 10.0. The molecule has 0 atom stereocenters. The van der Waals surface area contributed by atoms with Crippen molar-refractivity contribution >= 4 is 11.9 Å². The van der Waals surface area contributed by atoms with E-state index in [9.17, 15) is 9.59 Å². The standard InChI is InChI=1S/C24H34N6O2/c1-16-21(22(31)25-18-10-6-5-7-11-18)27-28-30(16)20-12-8-9-17-15-29(14-13-19(17)20)23(32)26-24(2,3)4/h8-9,12,18H,5-7,10-11,13-15H2,1-4H3,(H,25,31)(H,26,32). The van der Waals surface area contributed by atoms with Crippen LogP contribution < -0.4 is 10.6 Å². The van der Waals surface area contributed by atoms with Gasteiger partial charge in [0.2, 0.25) is 0 Å². The molecular weight excluding hydrogens is 404 g/mol. The Morgan fingerprint density at radius 3 is 2.59 bits per heavy atom. The minimum absolute atomic E-state index is 0.0489. The summed E-state index contributed by atoms with van der Waals surface area (Å²) in [7, 11) is 0. The molecule has 0 radical (unpaired) electrons. The van der Waals surface area contributed by atoms with Gasteiger partial charge in [0.05, 0.1) is 11.4 Å². The van der Waals surface area contributed by atoms with Crippen molar-refractivity contribution in [2.75, 3.05) is 6.54 Å². The second kappa shape index (κ2) is 8.92. The summed E-state index contributed by atoms with van der Waals surface area (Å²) in [5.74, 6) is -0.143. The van der Waals surface area contributed by atoms with Crippen LogP contribution >= 0.6 is 0 Å². The Bertz CT molecular complexity index is 1000. The molecule has 1 aliphatic heterocycles. The first kappa shape index (κ1) is 22.3. The number of rotatable bonds is 3. The Morgan fingerprint density at radius 1 is 1.12 bits per heavy atom. The SMILES string of the molecule is Cc1c(C(=O)NC2CCCCC2)nnn1-c1cccc2c1CCN(C(=O)NC(C)(C)C)C2. The average molecular weight is 439 g/mol. The summed E-state index contributed by atoms with van der Waals surface area (Å²) in [5.41, 5.74) is 4.03. The van der Waals surface area contributed by atoms with Crippen molar-refractivity contribution in [2.45, 2.75) is 84.3 Å². The molecule has 1 aromatic heterocycles. The van der Waals surface area contributed by atoms with Gasteiger partial charge in [0.1, 0.15) is 0 Å². The lowest BCUT2D eigenvalue weighted by Crippen LogP contribution is -2.49. The zero-order valence-corrected chi connectivity index (χ0v) is 19.6. The number of hydrogen-bond donors (Lipinski definition) is 2. The van der Waals surface area contributed by atoms with Crippen LogP contribution in [0.3, 0.4) is 0 Å². The summed E-state index contributed by atoms with van der Waals surface area (Å²) < 4.78 is 1.76. The van der Waals surface area contributed by atoms with Crippen molar-refractivity contribution in [1.82, 2.24) is 30.5 Å². The van der Waals surface area contributed by atoms with Gasteiger partial charge in [-0.1, -0.05) is 36.6 Å².